The van der Waals surface area contributed by atoms with Gasteiger partial charge in [-0.1, -0.05) is 24.3 Å². The quantitative estimate of drug-likeness (QED) is 0.484. The van der Waals surface area contributed by atoms with Crippen LogP contribution < -0.4 is 0 Å². The third-order valence-electron chi connectivity index (χ3n) is 2.43. The first-order chi connectivity index (χ1) is 6.45. The van der Waals surface area contributed by atoms with E-state index in [0.717, 1.165) is 0 Å². The number of hydrogen-bond donors (Lipinski definition) is 0. The van der Waals surface area contributed by atoms with Crippen molar-refractivity contribution in [1.82, 2.24) is 4.40 Å². The predicted molar refractivity (Wildman–Crippen MR) is 54.0 cm³/mol. The summed E-state index contributed by atoms with van der Waals surface area (Å²) < 4.78 is 2.14. The van der Waals surface area contributed by atoms with Crippen molar-refractivity contribution in [2.45, 2.75) is 0 Å². The van der Waals surface area contributed by atoms with Gasteiger partial charge in [-0.2, -0.15) is 0 Å². The number of aromatic nitrogens is 1. The minimum absolute atomic E-state index is 1.27. The first-order valence-electron chi connectivity index (χ1n) is 4.39. The Morgan fingerprint density at radius 2 is 1.77 bits per heavy atom. The standard InChI is InChI=1S/C12H9N/c1-2-8-13-9-7-10-4-3-5-11(10)12(13)6-1/h1-9H. The Morgan fingerprint density at radius 3 is 2.77 bits per heavy atom. The molecule has 1 heteroatoms. The molecule has 3 rings (SSSR count). The van der Waals surface area contributed by atoms with E-state index < -0.39 is 0 Å². The molecule has 0 aromatic carbocycles. The lowest BCUT2D eigenvalue weighted by molar-refractivity contribution is 1.17. The van der Waals surface area contributed by atoms with Crippen LogP contribution in [-0.2, 0) is 0 Å². The van der Waals surface area contributed by atoms with Gasteiger partial charge in [-0.3, -0.25) is 0 Å². The second-order valence-electron chi connectivity index (χ2n) is 3.20. The average Bonchev–Trinajstić information content (AvgIpc) is 2.65. The molecule has 0 fully saturated rings. The third kappa shape index (κ3) is 0.872. The summed E-state index contributed by atoms with van der Waals surface area (Å²) >= 11 is 0. The van der Waals surface area contributed by atoms with Crippen LogP contribution in [0.1, 0.15) is 0 Å². The highest BCUT2D eigenvalue weighted by atomic mass is 14.8. The van der Waals surface area contributed by atoms with Crippen LogP contribution in [0.2, 0.25) is 0 Å². The fourth-order valence-electron chi connectivity index (χ4n) is 1.79. The Kier molecular flexibility index (Phi) is 1.22. The van der Waals surface area contributed by atoms with Crippen LogP contribution in [0, 0.1) is 0 Å². The van der Waals surface area contributed by atoms with Crippen LogP contribution in [0.5, 0.6) is 0 Å². The first kappa shape index (κ1) is 6.72. The largest absolute Gasteiger partial charge is 0.323 e. The van der Waals surface area contributed by atoms with Gasteiger partial charge in [0.25, 0.3) is 0 Å². The summed E-state index contributed by atoms with van der Waals surface area (Å²) in [4.78, 5) is 0. The maximum Gasteiger partial charge on any atom is 0.0527 e. The Morgan fingerprint density at radius 1 is 0.769 bits per heavy atom. The molecule has 1 nitrogen and oxygen atoms in total. The minimum Gasteiger partial charge on any atom is -0.323 e. The zero-order valence-electron chi connectivity index (χ0n) is 7.14. The molecule has 13 heavy (non-hydrogen) atoms. The molecule has 0 bridgehead atoms. The Bertz CT molecular complexity index is 522. The highest BCUT2D eigenvalue weighted by Crippen LogP contribution is 2.26. The monoisotopic (exact) mass is 167 g/mol. The molecule has 0 N–H and O–H groups in total. The van der Waals surface area contributed by atoms with Gasteiger partial charge in [-0.15, -0.1) is 0 Å². The minimum atomic E-state index is 1.27. The molecule has 62 valence electrons. The molecular formula is C12H9N. The summed E-state index contributed by atoms with van der Waals surface area (Å²) in [6, 6.07) is 14.8. The number of hydrogen-bond acceptors (Lipinski definition) is 0. The lowest BCUT2D eigenvalue weighted by Crippen LogP contribution is -1.88. The van der Waals surface area contributed by atoms with Gasteiger partial charge in [0, 0.05) is 18.0 Å². The Hall–Kier alpha value is -1.76. The molecule has 1 aromatic rings. The fourth-order valence-corrected chi connectivity index (χ4v) is 1.79. The molecule has 0 saturated heterocycles. The molecule has 0 atom stereocenters. The van der Waals surface area contributed by atoms with Gasteiger partial charge in [-0.25, -0.2) is 0 Å². The summed E-state index contributed by atoms with van der Waals surface area (Å²) in [6.07, 6.45) is 4.17. The van der Waals surface area contributed by atoms with E-state index in [9.17, 15) is 0 Å². The van der Waals surface area contributed by atoms with Crippen molar-refractivity contribution in [3.05, 3.63) is 54.9 Å². The number of rotatable bonds is 0. The lowest BCUT2D eigenvalue weighted by atomic mass is 10.1. The van der Waals surface area contributed by atoms with Crippen molar-refractivity contribution in [1.29, 1.82) is 0 Å². The van der Waals surface area contributed by atoms with Gasteiger partial charge in [-0.05, 0) is 23.8 Å². The maximum atomic E-state index is 2.16. The number of fused-ring (bicyclic) bond motifs is 3. The Labute approximate surface area is 76.6 Å². The topological polar surface area (TPSA) is 4.41 Å². The van der Waals surface area contributed by atoms with Crippen molar-refractivity contribution < 1.29 is 0 Å². The van der Waals surface area contributed by atoms with Crippen LogP contribution in [-0.4, -0.2) is 4.40 Å². The molecule has 1 aliphatic carbocycles. The van der Waals surface area contributed by atoms with Crippen LogP contribution in [0.15, 0.2) is 54.9 Å². The Balaban J connectivity index is 2.57. The SMILES string of the molecule is c1cc2ccn3ccccc3c-2c1. The van der Waals surface area contributed by atoms with Crippen LogP contribution in [0.4, 0.5) is 0 Å². The van der Waals surface area contributed by atoms with Gasteiger partial charge in [0.1, 0.15) is 0 Å². The second kappa shape index (κ2) is 2.36. The first-order valence-corrected chi connectivity index (χ1v) is 4.39. The fraction of sp³-hybridized carbons (Fsp3) is 0. The average molecular weight is 167 g/mol. The van der Waals surface area contributed by atoms with E-state index in [4.69, 9.17) is 0 Å². The van der Waals surface area contributed by atoms with Gasteiger partial charge in [0.05, 0.1) is 5.52 Å². The summed E-state index contributed by atoms with van der Waals surface area (Å²) in [5, 5.41) is 0. The van der Waals surface area contributed by atoms with Crippen LogP contribution >= 0.6 is 0 Å². The molecule has 0 spiro atoms. The molecule has 0 unspecified atom stereocenters. The second-order valence-corrected chi connectivity index (χ2v) is 3.20. The van der Waals surface area contributed by atoms with E-state index >= 15 is 0 Å². The molecule has 1 aliphatic heterocycles. The summed E-state index contributed by atoms with van der Waals surface area (Å²) in [5.74, 6) is 0. The summed E-state index contributed by atoms with van der Waals surface area (Å²) in [5.41, 5.74) is 3.90. The van der Waals surface area contributed by atoms with E-state index in [1.165, 1.54) is 16.6 Å². The predicted octanol–water partition coefficient (Wildman–Crippen LogP) is 3.04. The van der Waals surface area contributed by atoms with Gasteiger partial charge < -0.3 is 4.40 Å². The summed E-state index contributed by atoms with van der Waals surface area (Å²) in [7, 11) is 0. The third-order valence-corrected chi connectivity index (χ3v) is 2.43. The van der Waals surface area contributed by atoms with Crippen molar-refractivity contribution >= 4 is 5.52 Å². The van der Waals surface area contributed by atoms with Crippen LogP contribution in [0.25, 0.3) is 16.6 Å². The van der Waals surface area contributed by atoms with Gasteiger partial charge >= 0.3 is 0 Å². The van der Waals surface area contributed by atoms with Gasteiger partial charge in [0.15, 0.2) is 0 Å². The van der Waals surface area contributed by atoms with E-state index in [2.05, 4.69) is 53.2 Å². The van der Waals surface area contributed by atoms with E-state index in [1.807, 2.05) is 6.07 Å². The zero-order valence-corrected chi connectivity index (χ0v) is 7.14. The number of pyridine rings is 2. The molecule has 1 aromatic heterocycles. The van der Waals surface area contributed by atoms with Crippen molar-refractivity contribution in [3.63, 3.8) is 0 Å². The van der Waals surface area contributed by atoms with Crippen molar-refractivity contribution in [2.75, 3.05) is 0 Å². The molecule has 2 heterocycles. The summed E-state index contributed by atoms with van der Waals surface area (Å²) in [6.45, 7) is 0. The van der Waals surface area contributed by atoms with Crippen molar-refractivity contribution in [3.8, 4) is 11.1 Å². The maximum absolute atomic E-state index is 2.16. The molecule has 2 aliphatic rings. The normalized spacial score (nSPS) is 11.1. The smallest absolute Gasteiger partial charge is 0.0527 e. The van der Waals surface area contributed by atoms with Crippen LogP contribution in [0.3, 0.4) is 0 Å². The highest BCUT2D eigenvalue weighted by Gasteiger charge is 2.04. The van der Waals surface area contributed by atoms with Gasteiger partial charge in [0.2, 0.25) is 0 Å². The molecular weight excluding hydrogens is 158 g/mol. The molecule has 0 saturated carbocycles. The lowest BCUT2D eigenvalue weighted by Gasteiger charge is -2.05. The number of nitrogens with zero attached hydrogens (tertiary/aromatic N) is 1. The van der Waals surface area contributed by atoms with Crippen molar-refractivity contribution in [2.24, 2.45) is 0 Å². The highest BCUT2D eigenvalue weighted by molar-refractivity contribution is 5.82. The van der Waals surface area contributed by atoms with E-state index in [-0.39, 0.29) is 0 Å². The zero-order chi connectivity index (χ0) is 8.67. The van der Waals surface area contributed by atoms with E-state index in [1.54, 1.807) is 0 Å². The molecule has 0 radical (unpaired) electrons. The molecule has 0 amide bonds. The van der Waals surface area contributed by atoms with E-state index in [0.29, 0.717) is 0 Å².